The van der Waals surface area contributed by atoms with E-state index in [-0.39, 0.29) is 0 Å². The summed E-state index contributed by atoms with van der Waals surface area (Å²) >= 11 is 0. The summed E-state index contributed by atoms with van der Waals surface area (Å²) in [5.74, 6) is 0. The molecule has 0 aromatic heterocycles. The lowest BCUT2D eigenvalue weighted by molar-refractivity contribution is 1.26. The Kier molecular flexibility index (Phi) is 8.97. The maximum atomic E-state index is 2.32. The van der Waals surface area contributed by atoms with Crippen LogP contribution in [0, 0.1) is 13.8 Å². The van der Waals surface area contributed by atoms with Gasteiger partial charge < -0.3 is 9.80 Å². The second-order valence-electron chi connectivity index (χ2n) is 12.1. The van der Waals surface area contributed by atoms with E-state index in [9.17, 15) is 0 Å². The summed E-state index contributed by atoms with van der Waals surface area (Å²) in [6, 6.07) is 64.7. The first-order valence-corrected chi connectivity index (χ1v) is 16.4. The average Bonchev–Trinajstić information content (AvgIpc) is 3.13. The molecule has 0 aliphatic rings. The zero-order valence-electron chi connectivity index (χ0n) is 27.4. The second kappa shape index (κ2) is 14.1. The summed E-state index contributed by atoms with van der Waals surface area (Å²) in [5, 5.41) is 0. The fraction of sp³-hybridized carbons (Fsp3) is 0.0435. The van der Waals surface area contributed by atoms with Gasteiger partial charge in [-0.3, -0.25) is 0 Å². The summed E-state index contributed by atoms with van der Waals surface area (Å²) < 4.78 is 0. The number of nitrogens with zero attached hydrogens (tertiary/aromatic N) is 2. The average molecular weight is 619 g/mol. The fourth-order valence-electron chi connectivity index (χ4n) is 6.10. The van der Waals surface area contributed by atoms with E-state index in [1.165, 1.54) is 27.8 Å². The van der Waals surface area contributed by atoms with E-state index >= 15 is 0 Å². The van der Waals surface area contributed by atoms with Gasteiger partial charge in [0.1, 0.15) is 0 Å². The number of hydrogen-bond acceptors (Lipinski definition) is 2. The molecule has 0 bridgehead atoms. The Labute approximate surface area is 284 Å². The van der Waals surface area contributed by atoms with Gasteiger partial charge in [0, 0.05) is 34.1 Å². The summed E-state index contributed by atoms with van der Waals surface area (Å²) in [4.78, 5) is 4.60. The van der Waals surface area contributed by atoms with Crippen LogP contribution in [-0.4, -0.2) is 0 Å². The molecule has 48 heavy (non-hydrogen) atoms. The molecule has 232 valence electrons. The van der Waals surface area contributed by atoms with Crippen LogP contribution in [0.5, 0.6) is 0 Å². The molecule has 0 unspecified atom stereocenters. The SMILES string of the molecule is Cc1cccc(N(c2ccc(/C=C/c3ccc(-c4ccc(N(c5ccccc5)c5ccccc5)cc4)cc3)cc2)c2cccc(C)c2)c1. The van der Waals surface area contributed by atoms with Crippen molar-refractivity contribution in [3.63, 3.8) is 0 Å². The van der Waals surface area contributed by atoms with Gasteiger partial charge in [-0.05, 0) is 120 Å². The van der Waals surface area contributed by atoms with E-state index in [0.29, 0.717) is 0 Å². The molecule has 0 saturated heterocycles. The van der Waals surface area contributed by atoms with Crippen molar-refractivity contribution in [2.75, 3.05) is 9.80 Å². The highest BCUT2D eigenvalue weighted by atomic mass is 15.1. The normalized spacial score (nSPS) is 11.0. The number of hydrogen-bond donors (Lipinski definition) is 0. The monoisotopic (exact) mass is 618 g/mol. The third kappa shape index (κ3) is 6.99. The second-order valence-corrected chi connectivity index (χ2v) is 12.1. The third-order valence-corrected chi connectivity index (χ3v) is 8.54. The molecule has 7 aromatic rings. The molecule has 0 aliphatic heterocycles. The van der Waals surface area contributed by atoms with Crippen molar-refractivity contribution in [1.82, 2.24) is 0 Å². The number of aryl methyl sites for hydroxylation is 2. The van der Waals surface area contributed by atoms with E-state index in [2.05, 4.69) is 218 Å². The van der Waals surface area contributed by atoms with Crippen LogP contribution in [0.25, 0.3) is 23.3 Å². The maximum Gasteiger partial charge on any atom is 0.0464 e. The molecule has 7 rings (SSSR count). The minimum Gasteiger partial charge on any atom is -0.311 e. The lowest BCUT2D eigenvalue weighted by Crippen LogP contribution is -2.10. The Morgan fingerprint density at radius 2 is 0.646 bits per heavy atom. The third-order valence-electron chi connectivity index (χ3n) is 8.54. The van der Waals surface area contributed by atoms with E-state index < -0.39 is 0 Å². The summed E-state index contributed by atoms with van der Waals surface area (Å²) in [6.07, 6.45) is 4.36. The van der Waals surface area contributed by atoms with Gasteiger partial charge in [0.2, 0.25) is 0 Å². The van der Waals surface area contributed by atoms with Gasteiger partial charge >= 0.3 is 0 Å². The van der Waals surface area contributed by atoms with Crippen molar-refractivity contribution in [3.8, 4) is 11.1 Å². The standard InChI is InChI=1S/C46H38N2/c1-35-11-9-17-45(33-35)48(46-18-10-12-36(2)34-46)43-29-23-38(24-30-43)20-19-37-21-25-39(26-22-37)40-27-31-44(32-28-40)47(41-13-5-3-6-14-41)42-15-7-4-8-16-42/h3-34H,1-2H3/b20-19+. The minimum absolute atomic E-state index is 1.13. The first-order valence-electron chi connectivity index (χ1n) is 16.4. The highest BCUT2D eigenvalue weighted by Crippen LogP contribution is 2.37. The van der Waals surface area contributed by atoms with Crippen LogP contribution in [0.1, 0.15) is 22.3 Å². The molecule has 2 heteroatoms. The molecule has 0 radical (unpaired) electrons. The highest BCUT2D eigenvalue weighted by Gasteiger charge is 2.13. The van der Waals surface area contributed by atoms with Crippen molar-refractivity contribution >= 4 is 46.3 Å². The van der Waals surface area contributed by atoms with Crippen LogP contribution >= 0.6 is 0 Å². The van der Waals surface area contributed by atoms with Crippen molar-refractivity contribution in [2.24, 2.45) is 0 Å². The molecule has 0 amide bonds. The molecule has 0 N–H and O–H groups in total. The Bertz CT molecular complexity index is 2030. The first-order chi connectivity index (χ1) is 23.6. The number of benzene rings is 7. The predicted octanol–water partition coefficient (Wildman–Crippen LogP) is 13.1. The van der Waals surface area contributed by atoms with Gasteiger partial charge in [-0.25, -0.2) is 0 Å². The summed E-state index contributed by atoms with van der Waals surface area (Å²) in [7, 11) is 0. The number of anilines is 6. The van der Waals surface area contributed by atoms with Crippen molar-refractivity contribution in [1.29, 1.82) is 0 Å². The van der Waals surface area contributed by atoms with Crippen LogP contribution in [0.15, 0.2) is 182 Å². The van der Waals surface area contributed by atoms with Crippen LogP contribution < -0.4 is 9.80 Å². The molecule has 0 atom stereocenters. The van der Waals surface area contributed by atoms with Crippen LogP contribution in [-0.2, 0) is 0 Å². The lowest BCUT2D eigenvalue weighted by atomic mass is 10.0. The van der Waals surface area contributed by atoms with Gasteiger partial charge in [0.25, 0.3) is 0 Å². The van der Waals surface area contributed by atoms with E-state index in [0.717, 1.165) is 39.7 Å². The molecular weight excluding hydrogens is 581 g/mol. The Hall–Kier alpha value is -6.12. The number of para-hydroxylation sites is 2. The van der Waals surface area contributed by atoms with E-state index in [4.69, 9.17) is 0 Å². The lowest BCUT2D eigenvalue weighted by Gasteiger charge is -2.26. The summed E-state index contributed by atoms with van der Waals surface area (Å²) in [6.45, 7) is 4.28. The van der Waals surface area contributed by atoms with Crippen LogP contribution in [0.2, 0.25) is 0 Å². The molecule has 2 nitrogen and oxygen atoms in total. The number of rotatable bonds is 9. The Balaban J connectivity index is 1.07. The summed E-state index contributed by atoms with van der Waals surface area (Å²) in [5.41, 5.74) is 14.0. The van der Waals surface area contributed by atoms with Gasteiger partial charge in [-0.2, -0.15) is 0 Å². The minimum atomic E-state index is 1.13. The maximum absolute atomic E-state index is 2.32. The molecular formula is C46H38N2. The Morgan fingerprint density at radius 3 is 1.08 bits per heavy atom. The van der Waals surface area contributed by atoms with Gasteiger partial charge in [-0.1, -0.05) is 121 Å². The molecule has 0 saturated carbocycles. The molecule has 0 heterocycles. The quantitative estimate of drug-likeness (QED) is 0.149. The van der Waals surface area contributed by atoms with E-state index in [1.807, 2.05) is 0 Å². The largest absolute Gasteiger partial charge is 0.311 e. The first kappa shape index (κ1) is 30.5. The molecule has 0 aliphatic carbocycles. The molecule has 0 spiro atoms. The topological polar surface area (TPSA) is 6.48 Å². The van der Waals surface area contributed by atoms with Gasteiger partial charge in [0.15, 0.2) is 0 Å². The van der Waals surface area contributed by atoms with Crippen molar-refractivity contribution < 1.29 is 0 Å². The smallest absolute Gasteiger partial charge is 0.0464 e. The highest BCUT2D eigenvalue weighted by molar-refractivity contribution is 5.80. The van der Waals surface area contributed by atoms with E-state index in [1.54, 1.807) is 0 Å². The zero-order chi connectivity index (χ0) is 32.7. The van der Waals surface area contributed by atoms with Crippen molar-refractivity contribution in [2.45, 2.75) is 13.8 Å². The zero-order valence-corrected chi connectivity index (χ0v) is 27.4. The fourth-order valence-corrected chi connectivity index (χ4v) is 6.10. The van der Waals surface area contributed by atoms with Crippen LogP contribution in [0.3, 0.4) is 0 Å². The van der Waals surface area contributed by atoms with Crippen molar-refractivity contribution in [3.05, 3.63) is 204 Å². The van der Waals surface area contributed by atoms with Crippen LogP contribution in [0.4, 0.5) is 34.1 Å². The predicted molar refractivity (Wildman–Crippen MR) is 206 cm³/mol. The van der Waals surface area contributed by atoms with Gasteiger partial charge in [-0.15, -0.1) is 0 Å². The Morgan fingerprint density at radius 1 is 0.312 bits per heavy atom. The molecule has 7 aromatic carbocycles. The van der Waals surface area contributed by atoms with Gasteiger partial charge in [0.05, 0.1) is 0 Å². The molecule has 0 fully saturated rings.